The monoisotopic (exact) mass is 175 g/mol. The van der Waals surface area contributed by atoms with Gasteiger partial charge in [-0.1, -0.05) is 6.92 Å². The van der Waals surface area contributed by atoms with Gasteiger partial charge in [-0.15, -0.1) is 0 Å². The third-order valence-electron chi connectivity index (χ3n) is 2.10. The van der Waals surface area contributed by atoms with E-state index in [1.165, 1.54) is 0 Å². The predicted octanol–water partition coefficient (Wildman–Crippen LogP) is 1.12. The molecule has 2 nitrogen and oxygen atoms in total. The standard InChI is InChI=1S/C8H17NOS/c1-3-7(9-2)8-6-11-5-4-10-8/h7-9H,3-6H2,1-2H3. The SMILES string of the molecule is CCC(NC)C1CSCCO1. The van der Waals surface area contributed by atoms with Crippen molar-refractivity contribution in [3.05, 3.63) is 0 Å². The van der Waals surface area contributed by atoms with E-state index in [1.54, 1.807) is 0 Å². The number of likely N-dealkylation sites (N-methyl/N-ethyl adjacent to an activating group) is 1. The van der Waals surface area contributed by atoms with E-state index in [0.717, 1.165) is 24.5 Å². The molecular weight excluding hydrogens is 158 g/mol. The Morgan fingerprint density at radius 1 is 1.73 bits per heavy atom. The highest BCUT2D eigenvalue weighted by atomic mass is 32.2. The lowest BCUT2D eigenvalue weighted by molar-refractivity contribution is 0.0482. The minimum Gasteiger partial charge on any atom is -0.375 e. The summed E-state index contributed by atoms with van der Waals surface area (Å²) in [5.74, 6) is 2.32. The van der Waals surface area contributed by atoms with E-state index in [0.29, 0.717) is 12.1 Å². The van der Waals surface area contributed by atoms with Gasteiger partial charge in [0.05, 0.1) is 12.7 Å². The third kappa shape index (κ3) is 2.65. The van der Waals surface area contributed by atoms with Gasteiger partial charge in [0.1, 0.15) is 0 Å². The molecular formula is C8H17NOS. The molecule has 0 bridgehead atoms. The fourth-order valence-electron chi connectivity index (χ4n) is 1.39. The van der Waals surface area contributed by atoms with Crippen LogP contribution in [0.1, 0.15) is 13.3 Å². The van der Waals surface area contributed by atoms with Crippen molar-refractivity contribution in [2.45, 2.75) is 25.5 Å². The maximum absolute atomic E-state index is 5.64. The molecule has 1 aliphatic rings. The minimum absolute atomic E-state index is 0.434. The lowest BCUT2D eigenvalue weighted by Gasteiger charge is -2.29. The fraction of sp³-hybridized carbons (Fsp3) is 1.00. The molecule has 2 atom stereocenters. The lowest BCUT2D eigenvalue weighted by atomic mass is 10.1. The van der Waals surface area contributed by atoms with Crippen LogP contribution in [0, 0.1) is 0 Å². The number of nitrogens with one attached hydrogen (secondary N) is 1. The van der Waals surface area contributed by atoms with Gasteiger partial charge in [0.15, 0.2) is 0 Å². The quantitative estimate of drug-likeness (QED) is 0.694. The van der Waals surface area contributed by atoms with Gasteiger partial charge in [0.25, 0.3) is 0 Å². The molecule has 11 heavy (non-hydrogen) atoms. The maximum Gasteiger partial charge on any atom is 0.0818 e. The van der Waals surface area contributed by atoms with Gasteiger partial charge in [-0.2, -0.15) is 11.8 Å². The average Bonchev–Trinajstić information content (AvgIpc) is 2.09. The smallest absolute Gasteiger partial charge is 0.0818 e. The molecule has 1 fully saturated rings. The van der Waals surface area contributed by atoms with Crippen LogP contribution < -0.4 is 5.32 Å². The second-order valence-corrected chi connectivity index (χ2v) is 3.94. The van der Waals surface area contributed by atoms with Crippen LogP contribution in [0.5, 0.6) is 0 Å². The normalized spacial score (nSPS) is 28.4. The second-order valence-electron chi connectivity index (χ2n) is 2.79. The summed E-state index contributed by atoms with van der Waals surface area (Å²) >= 11 is 2.00. The number of thioether (sulfide) groups is 1. The number of rotatable bonds is 3. The van der Waals surface area contributed by atoms with Crippen LogP contribution in [0.25, 0.3) is 0 Å². The van der Waals surface area contributed by atoms with Crippen LogP contribution in [0.15, 0.2) is 0 Å². The molecule has 0 radical (unpaired) electrons. The summed E-state index contributed by atoms with van der Waals surface area (Å²) in [6.07, 6.45) is 1.59. The van der Waals surface area contributed by atoms with Crippen molar-refractivity contribution in [3.63, 3.8) is 0 Å². The molecule has 0 aliphatic carbocycles. The van der Waals surface area contributed by atoms with Gasteiger partial charge in [-0.3, -0.25) is 0 Å². The zero-order chi connectivity index (χ0) is 8.10. The molecule has 1 heterocycles. The van der Waals surface area contributed by atoms with E-state index >= 15 is 0 Å². The lowest BCUT2D eigenvalue weighted by Crippen LogP contribution is -2.42. The first-order valence-corrected chi connectivity index (χ1v) is 5.40. The van der Waals surface area contributed by atoms with Gasteiger partial charge in [0.2, 0.25) is 0 Å². The Bertz CT molecular complexity index is 100. The molecule has 1 rings (SSSR count). The van der Waals surface area contributed by atoms with Gasteiger partial charge in [-0.05, 0) is 13.5 Å². The zero-order valence-corrected chi connectivity index (χ0v) is 8.12. The van der Waals surface area contributed by atoms with Crippen molar-refractivity contribution in [2.75, 3.05) is 25.2 Å². The van der Waals surface area contributed by atoms with Crippen LogP contribution in [-0.4, -0.2) is 37.3 Å². The van der Waals surface area contributed by atoms with Crippen molar-refractivity contribution in [2.24, 2.45) is 0 Å². The highest BCUT2D eigenvalue weighted by Crippen LogP contribution is 2.16. The van der Waals surface area contributed by atoms with E-state index in [9.17, 15) is 0 Å². The highest BCUT2D eigenvalue weighted by molar-refractivity contribution is 7.99. The number of hydrogen-bond acceptors (Lipinski definition) is 3. The molecule has 0 spiro atoms. The Kier molecular flexibility index (Phi) is 4.26. The molecule has 2 unspecified atom stereocenters. The molecule has 0 amide bonds. The van der Waals surface area contributed by atoms with Gasteiger partial charge < -0.3 is 10.1 Å². The predicted molar refractivity (Wildman–Crippen MR) is 50.2 cm³/mol. The molecule has 1 aliphatic heterocycles. The summed E-state index contributed by atoms with van der Waals surface area (Å²) in [6.45, 7) is 3.12. The van der Waals surface area contributed by atoms with E-state index in [-0.39, 0.29) is 0 Å². The molecule has 3 heteroatoms. The maximum atomic E-state index is 5.64. The molecule has 0 aromatic rings. The Balaban J connectivity index is 2.30. The molecule has 66 valence electrons. The largest absolute Gasteiger partial charge is 0.375 e. The van der Waals surface area contributed by atoms with Crippen molar-refractivity contribution in [1.82, 2.24) is 5.32 Å². The summed E-state index contributed by atoms with van der Waals surface area (Å²) in [7, 11) is 2.01. The Labute approximate surface area is 73.1 Å². The van der Waals surface area contributed by atoms with Crippen molar-refractivity contribution < 1.29 is 4.74 Å². The zero-order valence-electron chi connectivity index (χ0n) is 7.30. The van der Waals surface area contributed by atoms with E-state index < -0.39 is 0 Å². The molecule has 0 aromatic heterocycles. The summed E-state index contributed by atoms with van der Waals surface area (Å²) in [4.78, 5) is 0. The Hall–Kier alpha value is 0.270. The topological polar surface area (TPSA) is 21.3 Å². The fourth-order valence-corrected chi connectivity index (χ4v) is 2.33. The summed E-state index contributed by atoms with van der Waals surface area (Å²) in [5, 5.41) is 3.28. The Morgan fingerprint density at radius 3 is 3.00 bits per heavy atom. The van der Waals surface area contributed by atoms with Gasteiger partial charge >= 0.3 is 0 Å². The second kappa shape index (κ2) is 5.01. The van der Waals surface area contributed by atoms with Crippen LogP contribution in [0.4, 0.5) is 0 Å². The first-order chi connectivity index (χ1) is 5.38. The van der Waals surface area contributed by atoms with E-state index in [2.05, 4.69) is 12.2 Å². The van der Waals surface area contributed by atoms with Gasteiger partial charge in [0, 0.05) is 17.5 Å². The molecule has 1 N–H and O–H groups in total. The van der Waals surface area contributed by atoms with Crippen LogP contribution >= 0.6 is 11.8 Å². The summed E-state index contributed by atoms with van der Waals surface area (Å²) in [5.41, 5.74) is 0. The van der Waals surface area contributed by atoms with Crippen LogP contribution in [-0.2, 0) is 4.74 Å². The first-order valence-electron chi connectivity index (χ1n) is 4.25. The van der Waals surface area contributed by atoms with Crippen molar-refractivity contribution >= 4 is 11.8 Å². The van der Waals surface area contributed by atoms with E-state index in [1.807, 2.05) is 18.8 Å². The summed E-state index contributed by atoms with van der Waals surface area (Å²) in [6, 6.07) is 0.544. The molecule has 0 saturated carbocycles. The summed E-state index contributed by atoms with van der Waals surface area (Å²) < 4.78 is 5.64. The van der Waals surface area contributed by atoms with Crippen LogP contribution in [0.2, 0.25) is 0 Å². The van der Waals surface area contributed by atoms with Gasteiger partial charge in [-0.25, -0.2) is 0 Å². The molecule has 0 aromatic carbocycles. The first kappa shape index (κ1) is 9.36. The molecule has 1 saturated heterocycles. The average molecular weight is 175 g/mol. The van der Waals surface area contributed by atoms with Crippen molar-refractivity contribution in [1.29, 1.82) is 0 Å². The highest BCUT2D eigenvalue weighted by Gasteiger charge is 2.21. The number of ether oxygens (including phenoxy) is 1. The number of hydrogen-bond donors (Lipinski definition) is 1. The minimum atomic E-state index is 0.434. The van der Waals surface area contributed by atoms with E-state index in [4.69, 9.17) is 4.74 Å². The van der Waals surface area contributed by atoms with Crippen LogP contribution in [0.3, 0.4) is 0 Å². The third-order valence-corrected chi connectivity index (χ3v) is 3.12. The van der Waals surface area contributed by atoms with Crippen molar-refractivity contribution in [3.8, 4) is 0 Å². The Morgan fingerprint density at radius 2 is 2.55 bits per heavy atom.